The van der Waals surface area contributed by atoms with Gasteiger partial charge in [0.2, 0.25) is 12.6 Å². The molecule has 3 heterocycles. The summed E-state index contributed by atoms with van der Waals surface area (Å²) in [6, 6.07) is 5.89. The number of para-hydroxylation sites is 1. The highest BCUT2D eigenvalue weighted by molar-refractivity contribution is 5.88. The van der Waals surface area contributed by atoms with Gasteiger partial charge in [-0.3, -0.25) is 9.69 Å². The minimum absolute atomic E-state index is 0.0166. The predicted octanol–water partition coefficient (Wildman–Crippen LogP) is 0.663. The second kappa shape index (κ2) is 5.51. The third-order valence-corrected chi connectivity index (χ3v) is 4.03. The van der Waals surface area contributed by atoms with Crippen LogP contribution in [0.5, 0.6) is 11.5 Å². The number of carbonyl (C=O) groups excluding carboxylic acids is 1. The summed E-state index contributed by atoms with van der Waals surface area (Å²) < 4.78 is 11.0. The van der Waals surface area contributed by atoms with Gasteiger partial charge in [-0.2, -0.15) is 0 Å². The Hall–Kier alpha value is -2.67. The molecule has 23 heavy (non-hydrogen) atoms. The second-order valence-corrected chi connectivity index (χ2v) is 5.56. The Morgan fingerprint density at radius 1 is 1.39 bits per heavy atom. The highest BCUT2D eigenvalue weighted by Crippen LogP contribution is 2.36. The molecule has 0 saturated heterocycles. The zero-order chi connectivity index (χ0) is 15.8. The number of fused-ring (bicyclic) bond motifs is 2. The Labute approximate surface area is 133 Å². The molecule has 117 valence electrons. The molecule has 0 atom stereocenters. The van der Waals surface area contributed by atoms with E-state index in [1.807, 2.05) is 18.2 Å². The molecule has 1 aromatic heterocycles. The Balaban J connectivity index is 1.55. The van der Waals surface area contributed by atoms with Crippen LogP contribution in [0, 0.1) is 6.20 Å². The molecule has 1 aromatic carbocycles. The van der Waals surface area contributed by atoms with Crippen LogP contribution in [0.15, 0.2) is 18.2 Å². The normalized spacial score (nSPS) is 16.2. The summed E-state index contributed by atoms with van der Waals surface area (Å²) in [6.07, 6.45) is 3.67. The Kier molecular flexibility index (Phi) is 3.34. The van der Waals surface area contributed by atoms with Gasteiger partial charge in [0.25, 0.3) is 5.91 Å². The number of hydrogen-bond donors (Lipinski definition) is 1. The van der Waals surface area contributed by atoms with Crippen molar-refractivity contribution in [3.05, 3.63) is 47.0 Å². The number of amides is 1. The van der Waals surface area contributed by atoms with E-state index in [9.17, 15) is 4.79 Å². The first-order valence-electron chi connectivity index (χ1n) is 7.38. The predicted molar refractivity (Wildman–Crippen MR) is 79.8 cm³/mol. The first kappa shape index (κ1) is 14.0. The third-order valence-electron chi connectivity index (χ3n) is 4.03. The van der Waals surface area contributed by atoms with Crippen molar-refractivity contribution in [2.75, 3.05) is 13.3 Å². The summed E-state index contributed by atoms with van der Waals surface area (Å²) in [5, 5.41) is 0. The fraction of sp³-hybridized carbons (Fsp3) is 0.312. The van der Waals surface area contributed by atoms with Crippen molar-refractivity contribution >= 4 is 5.91 Å². The Bertz CT molecular complexity index is 778. The van der Waals surface area contributed by atoms with E-state index >= 15 is 0 Å². The first-order valence-corrected chi connectivity index (χ1v) is 7.38. The molecule has 2 aromatic rings. The monoisotopic (exact) mass is 311 g/mol. The SMILES string of the molecule is NC(=O)c1n[c]c2c(n1)CN(Cc1cccc3c1OCO3)CC2. The smallest absolute Gasteiger partial charge is 0.286 e. The second-order valence-electron chi connectivity index (χ2n) is 5.56. The van der Waals surface area contributed by atoms with Gasteiger partial charge in [-0.1, -0.05) is 12.1 Å². The number of aromatic nitrogens is 2. The van der Waals surface area contributed by atoms with Gasteiger partial charge in [-0.15, -0.1) is 0 Å². The summed E-state index contributed by atoms with van der Waals surface area (Å²) >= 11 is 0. The maximum Gasteiger partial charge on any atom is 0.286 e. The minimum atomic E-state index is -0.632. The molecule has 0 saturated carbocycles. The number of nitrogens with zero attached hydrogens (tertiary/aromatic N) is 3. The van der Waals surface area contributed by atoms with Gasteiger partial charge in [-0.05, 0) is 12.5 Å². The lowest BCUT2D eigenvalue weighted by atomic mass is 10.1. The zero-order valence-electron chi connectivity index (χ0n) is 12.4. The average molecular weight is 311 g/mol. The standard InChI is InChI=1S/C16H15N4O3/c17-15(21)16-18-6-10-4-5-20(8-12(10)19-16)7-11-2-1-3-13-14(11)23-9-22-13/h1-3H,4-5,7-9H2,(H2,17,21). The van der Waals surface area contributed by atoms with E-state index in [1.54, 1.807) is 0 Å². The zero-order valence-corrected chi connectivity index (χ0v) is 12.4. The van der Waals surface area contributed by atoms with Gasteiger partial charge in [0.15, 0.2) is 11.5 Å². The largest absolute Gasteiger partial charge is 0.454 e. The van der Waals surface area contributed by atoms with E-state index in [0.29, 0.717) is 6.54 Å². The van der Waals surface area contributed by atoms with Crippen molar-refractivity contribution in [3.8, 4) is 11.5 Å². The van der Waals surface area contributed by atoms with Crippen LogP contribution >= 0.6 is 0 Å². The molecule has 0 fully saturated rings. The Morgan fingerprint density at radius 2 is 2.30 bits per heavy atom. The minimum Gasteiger partial charge on any atom is -0.454 e. The number of benzene rings is 1. The summed E-state index contributed by atoms with van der Waals surface area (Å²) in [6.45, 7) is 2.48. The van der Waals surface area contributed by atoms with Crippen LogP contribution in [-0.2, 0) is 19.5 Å². The van der Waals surface area contributed by atoms with Crippen LogP contribution in [0.1, 0.15) is 27.4 Å². The molecule has 7 heteroatoms. The van der Waals surface area contributed by atoms with E-state index in [2.05, 4.69) is 21.1 Å². The van der Waals surface area contributed by atoms with E-state index in [1.165, 1.54) is 0 Å². The molecule has 0 spiro atoms. The van der Waals surface area contributed by atoms with Crippen molar-refractivity contribution in [1.82, 2.24) is 14.9 Å². The fourth-order valence-corrected chi connectivity index (χ4v) is 2.90. The molecule has 1 amide bonds. The number of rotatable bonds is 3. The number of hydrogen-bond acceptors (Lipinski definition) is 6. The van der Waals surface area contributed by atoms with Gasteiger partial charge < -0.3 is 15.2 Å². The van der Waals surface area contributed by atoms with Crippen molar-refractivity contribution in [2.24, 2.45) is 5.73 Å². The molecule has 4 rings (SSSR count). The average Bonchev–Trinajstić information content (AvgIpc) is 3.04. The van der Waals surface area contributed by atoms with Crippen LogP contribution in [0.25, 0.3) is 0 Å². The molecule has 0 unspecified atom stereocenters. The number of nitrogens with two attached hydrogens (primary N) is 1. The quantitative estimate of drug-likeness (QED) is 0.895. The summed E-state index contributed by atoms with van der Waals surface area (Å²) in [7, 11) is 0. The third kappa shape index (κ3) is 2.59. The van der Waals surface area contributed by atoms with Crippen LogP contribution in [0.3, 0.4) is 0 Å². The maximum atomic E-state index is 11.2. The van der Waals surface area contributed by atoms with E-state index in [0.717, 1.165) is 47.8 Å². The molecule has 2 aliphatic rings. The Morgan fingerprint density at radius 3 is 3.17 bits per heavy atom. The lowest BCUT2D eigenvalue weighted by Crippen LogP contribution is -2.32. The van der Waals surface area contributed by atoms with Crippen LogP contribution < -0.4 is 15.2 Å². The number of ether oxygens (including phenoxy) is 2. The van der Waals surface area contributed by atoms with Gasteiger partial charge in [0.05, 0.1) is 11.9 Å². The van der Waals surface area contributed by atoms with E-state index < -0.39 is 5.91 Å². The van der Waals surface area contributed by atoms with Crippen LogP contribution in [-0.4, -0.2) is 34.1 Å². The van der Waals surface area contributed by atoms with E-state index in [4.69, 9.17) is 15.2 Å². The molecular weight excluding hydrogens is 296 g/mol. The van der Waals surface area contributed by atoms with E-state index in [-0.39, 0.29) is 12.6 Å². The van der Waals surface area contributed by atoms with Crippen molar-refractivity contribution in [1.29, 1.82) is 0 Å². The highest BCUT2D eigenvalue weighted by Gasteiger charge is 2.23. The van der Waals surface area contributed by atoms with Crippen molar-refractivity contribution < 1.29 is 14.3 Å². The summed E-state index contributed by atoms with van der Waals surface area (Å²) in [5.74, 6) is 0.979. The molecule has 1 radical (unpaired) electrons. The van der Waals surface area contributed by atoms with Crippen molar-refractivity contribution in [2.45, 2.75) is 19.5 Å². The molecular formula is C16H15N4O3. The van der Waals surface area contributed by atoms with Gasteiger partial charge in [0, 0.05) is 30.8 Å². The lowest BCUT2D eigenvalue weighted by molar-refractivity contribution is 0.0989. The molecule has 0 bridgehead atoms. The maximum absolute atomic E-state index is 11.2. The topological polar surface area (TPSA) is 90.6 Å². The number of primary amides is 1. The molecule has 2 N–H and O–H groups in total. The van der Waals surface area contributed by atoms with Gasteiger partial charge >= 0.3 is 0 Å². The van der Waals surface area contributed by atoms with Gasteiger partial charge in [0.1, 0.15) is 0 Å². The molecule has 7 nitrogen and oxygen atoms in total. The fourth-order valence-electron chi connectivity index (χ4n) is 2.90. The lowest BCUT2D eigenvalue weighted by Gasteiger charge is -2.27. The molecule has 2 aliphatic heterocycles. The van der Waals surface area contributed by atoms with Gasteiger partial charge in [-0.25, -0.2) is 9.97 Å². The highest BCUT2D eigenvalue weighted by atomic mass is 16.7. The first-order chi connectivity index (χ1) is 11.2. The van der Waals surface area contributed by atoms with Crippen molar-refractivity contribution in [3.63, 3.8) is 0 Å². The molecule has 0 aliphatic carbocycles. The van der Waals surface area contributed by atoms with Crippen LogP contribution in [0.2, 0.25) is 0 Å². The number of carbonyl (C=O) groups is 1. The van der Waals surface area contributed by atoms with Crippen LogP contribution in [0.4, 0.5) is 0 Å². The summed E-state index contributed by atoms with van der Waals surface area (Å²) in [4.78, 5) is 21.6. The summed E-state index contributed by atoms with van der Waals surface area (Å²) in [5.41, 5.74) is 8.08.